The Hall–Kier alpha value is -3.97. The predicted octanol–water partition coefficient (Wildman–Crippen LogP) is -0.106. The lowest BCUT2D eigenvalue weighted by molar-refractivity contribution is -0.128. The molecule has 0 aromatic carbocycles. The Kier molecular flexibility index (Phi) is 37.6. The minimum Gasteiger partial charge on any atom is -0.387 e. The maximum Gasteiger partial charge on any atom is 0.470 e. The summed E-state index contributed by atoms with van der Waals surface area (Å²) in [5.74, 6) is -0.749. The van der Waals surface area contributed by atoms with Gasteiger partial charge >= 0.3 is 15.6 Å². The fourth-order valence-electron chi connectivity index (χ4n) is 5.96. The van der Waals surface area contributed by atoms with E-state index >= 15 is 0 Å². The number of imidazole rings is 1. The first-order chi connectivity index (χ1) is 32.5. The summed E-state index contributed by atoms with van der Waals surface area (Å²) in [5.41, 5.74) is 0.405. The number of nitrogens with zero attached hydrogens (tertiary/aromatic N) is 4. The van der Waals surface area contributed by atoms with E-state index in [0.717, 1.165) is 19.3 Å². The highest BCUT2D eigenvalue weighted by atomic mass is 32.1. The SMILES string of the molecule is C.C.C.C.O=C(CCC(=O)NCCOCCOCC(=O)NCCOCCOCC(=O)NCNC(=O)CCS)NCCCCCCNc1ncnc2c1ncn2[C@@H]1O[C@H](COP(=O)(O)O)C(O)[C@@H]1OP(=O)(O)O. The number of thiol groups is 1. The number of carbonyl (C=O) groups is 5. The van der Waals surface area contributed by atoms with Gasteiger partial charge in [0, 0.05) is 45.4 Å². The van der Waals surface area contributed by atoms with Gasteiger partial charge in [0.2, 0.25) is 29.5 Å². The molecule has 5 amide bonds. The molecule has 3 rings (SSSR count). The van der Waals surface area contributed by atoms with E-state index in [9.17, 15) is 48.0 Å². The van der Waals surface area contributed by atoms with Crippen molar-refractivity contribution < 1.29 is 90.5 Å². The van der Waals surface area contributed by atoms with Gasteiger partial charge in [-0.15, -0.1) is 0 Å². The summed E-state index contributed by atoms with van der Waals surface area (Å²) in [5, 5.41) is 26.9. The highest BCUT2D eigenvalue weighted by Gasteiger charge is 2.49. The predicted molar refractivity (Wildman–Crippen MR) is 265 cm³/mol. The van der Waals surface area contributed by atoms with Gasteiger partial charge in [-0.1, -0.05) is 42.5 Å². The number of nitrogens with one attached hydrogen (secondary N) is 6. The normalized spacial score (nSPS) is 16.2. The summed E-state index contributed by atoms with van der Waals surface area (Å²) in [6, 6.07) is 0. The number of anilines is 1. The number of hydrogen-bond donors (Lipinski definition) is 12. The van der Waals surface area contributed by atoms with Gasteiger partial charge in [0.25, 0.3) is 0 Å². The van der Waals surface area contributed by atoms with Crippen LogP contribution in [0.25, 0.3) is 11.2 Å². The molecule has 1 aliphatic rings. The minimum absolute atomic E-state index is 0. The topological polar surface area (TPSA) is 401 Å². The number of phosphoric acid groups is 2. The van der Waals surface area contributed by atoms with Crippen molar-refractivity contribution >= 4 is 74.8 Å². The molecule has 0 saturated carbocycles. The van der Waals surface area contributed by atoms with E-state index < -0.39 is 46.8 Å². The molecule has 3 heterocycles. The number of amides is 5. The number of phosphoric ester groups is 2. The number of aliphatic hydroxyl groups is 1. The summed E-state index contributed by atoms with van der Waals surface area (Å²) < 4.78 is 60.1. The lowest BCUT2D eigenvalue weighted by Gasteiger charge is -2.22. The molecule has 1 saturated heterocycles. The van der Waals surface area contributed by atoms with Crippen molar-refractivity contribution in [1.82, 2.24) is 46.1 Å². The second-order valence-corrected chi connectivity index (χ2v) is 17.4. The Morgan fingerprint density at radius 1 is 0.653 bits per heavy atom. The summed E-state index contributed by atoms with van der Waals surface area (Å²) in [6.07, 6.45) is -0.584. The molecule has 2 aromatic rings. The van der Waals surface area contributed by atoms with Crippen molar-refractivity contribution in [2.75, 3.05) is 103 Å². The van der Waals surface area contributed by atoms with E-state index in [1.54, 1.807) is 0 Å². The van der Waals surface area contributed by atoms with Crippen molar-refractivity contribution in [1.29, 1.82) is 0 Å². The van der Waals surface area contributed by atoms with Crippen LogP contribution in [0.4, 0.5) is 5.82 Å². The number of rotatable bonds is 37. The van der Waals surface area contributed by atoms with E-state index in [4.69, 9.17) is 38.0 Å². The first kappa shape index (κ1) is 70.1. The van der Waals surface area contributed by atoms with Gasteiger partial charge in [-0.3, -0.25) is 37.6 Å². The molecule has 11 N–H and O–H groups in total. The Labute approximate surface area is 425 Å². The molecule has 0 aliphatic carbocycles. The van der Waals surface area contributed by atoms with Gasteiger partial charge in [0.1, 0.15) is 37.9 Å². The van der Waals surface area contributed by atoms with E-state index in [2.05, 4.69) is 64.0 Å². The van der Waals surface area contributed by atoms with Crippen LogP contribution in [0, 0.1) is 0 Å². The maximum atomic E-state index is 12.2. The van der Waals surface area contributed by atoms with Crippen LogP contribution in [0.15, 0.2) is 12.7 Å². The monoisotopic (exact) mass is 1100 g/mol. The molecular formula is C40H78N10O19P2S. The van der Waals surface area contributed by atoms with Crippen LogP contribution in [-0.4, -0.2) is 190 Å². The number of carbonyl (C=O) groups excluding carboxylic acids is 5. The largest absolute Gasteiger partial charge is 0.470 e. The van der Waals surface area contributed by atoms with Crippen molar-refractivity contribution in [2.24, 2.45) is 0 Å². The lowest BCUT2D eigenvalue weighted by Crippen LogP contribution is -2.39. The number of aromatic nitrogens is 4. The Balaban J connectivity index is 0. The molecule has 418 valence electrons. The van der Waals surface area contributed by atoms with E-state index in [1.165, 1.54) is 17.2 Å². The number of unbranched alkanes of at least 4 members (excludes halogenated alkanes) is 3. The highest BCUT2D eigenvalue weighted by molar-refractivity contribution is 7.80. The van der Waals surface area contributed by atoms with Gasteiger partial charge in [0.15, 0.2) is 23.2 Å². The van der Waals surface area contributed by atoms with Crippen LogP contribution in [0.1, 0.15) is 80.9 Å². The third-order valence-electron chi connectivity index (χ3n) is 9.17. The fraction of sp³-hybridized carbons (Fsp3) is 0.750. The molecule has 29 nitrogen and oxygen atoms in total. The van der Waals surface area contributed by atoms with Crippen molar-refractivity contribution in [3.8, 4) is 0 Å². The molecular weight excluding hydrogens is 1020 g/mol. The molecule has 1 unspecified atom stereocenters. The zero-order valence-corrected chi connectivity index (χ0v) is 39.8. The van der Waals surface area contributed by atoms with Gasteiger partial charge < -0.3 is 80.3 Å². The van der Waals surface area contributed by atoms with Crippen LogP contribution in [0.3, 0.4) is 0 Å². The summed E-state index contributed by atoms with van der Waals surface area (Å²) in [4.78, 5) is 109. The van der Waals surface area contributed by atoms with Crippen LogP contribution in [-0.2, 0) is 65.8 Å². The van der Waals surface area contributed by atoms with Gasteiger partial charge in [-0.05, 0) is 18.6 Å². The highest BCUT2D eigenvalue weighted by Crippen LogP contribution is 2.46. The lowest BCUT2D eigenvalue weighted by atomic mass is 10.1. The van der Waals surface area contributed by atoms with E-state index in [-0.39, 0.29) is 162 Å². The fourth-order valence-corrected chi connectivity index (χ4v) is 7.05. The van der Waals surface area contributed by atoms with Gasteiger partial charge in [-0.2, -0.15) is 12.6 Å². The molecule has 2 aromatic heterocycles. The van der Waals surface area contributed by atoms with Crippen molar-refractivity contribution in [2.45, 2.75) is 99.2 Å². The molecule has 72 heavy (non-hydrogen) atoms. The summed E-state index contributed by atoms with van der Waals surface area (Å²) >= 11 is 3.95. The van der Waals surface area contributed by atoms with Gasteiger partial charge in [0.05, 0.1) is 59.2 Å². The second kappa shape index (κ2) is 38.6. The Morgan fingerprint density at radius 3 is 1.76 bits per heavy atom. The standard InChI is InChI=1S/C36H62N10O19P2S.4CH4/c47-26(5-6-27(48)38-10-12-59-14-16-61-20-29(50)39-11-13-60-15-17-62-21-30(51)42-22-41-28(49)7-18-68)37-8-3-1-2-4-9-40-34-31-35(44-23-43-34)46(24-45-31)36-33(65-67(56,57)58)32(52)25(64-36)19-63-66(53,54)55;;;;/h23-25,32-33,36,52,68H,1-22H2,(H,37,47)(H,38,48)(H,39,50)(H,41,49)(H,42,51)(H,40,43,44)(H2,53,54,55)(H2,56,57,58);4*1H4/t25-,32?,33+,36-;;;;/m1..../s1. The van der Waals surface area contributed by atoms with Crippen LogP contribution in [0.2, 0.25) is 0 Å². The molecule has 0 radical (unpaired) electrons. The van der Waals surface area contributed by atoms with Crippen LogP contribution < -0.4 is 31.9 Å². The molecule has 1 fully saturated rings. The number of hydrogen-bond acceptors (Lipinski definition) is 20. The van der Waals surface area contributed by atoms with Crippen LogP contribution >= 0.6 is 28.3 Å². The third-order valence-corrected chi connectivity index (χ3v) is 10.4. The van der Waals surface area contributed by atoms with Gasteiger partial charge in [-0.25, -0.2) is 24.1 Å². The van der Waals surface area contributed by atoms with Crippen molar-refractivity contribution in [3.63, 3.8) is 0 Å². The first-order valence-corrected chi connectivity index (χ1v) is 25.1. The maximum absolute atomic E-state index is 12.2. The molecule has 1 aliphatic heterocycles. The minimum atomic E-state index is -5.17. The van der Waals surface area contributed by atoms with Crippen LogP contribution in [0.5, 0.6) is 0 Å². The number of ether oxygens (including phenoxy) is 5. The second-order valence-electron chi connectivity index (χ2n) is 14.5. The van der Waals surface area contributed by atoms with E-state index in [0.29, 0.717) is 31.1 Å². The van der Waals surface area contributed by atoms with Crippen molar-refractivity contribution in [3.05, 3.63) is 12.7 Å². The zero-order valence-electron chi connectivity index (χ0n) is 37.1. The Morgan fingerprint density at radius 2 is 1.18 bits per heavy atom. The summed E-state index contributed by atoms with van der Waals surface area (Å²) in [6.45, 7) is 1.42. The average molecular weight is 1100 g/mol. The smallest absolute Gasteiger partial charge is 0.387 e. The molecule has 0 bridgehead atoms. The molecule has 32 heteroatoms. The third kappa shape index (κ3) is 29.7. The average Bonchev–Trinajstić information content (AvgIpc) is 3.84. The molecule has 4 atom stereocenters. The Bertz CT molecular complexity index is 1970. The molecule has 0 spiro atoms. The quantitative estimate of drug-likeness (QED) is 0.0182. The summed E-state index contributed by atoms with van der Waals surface area (Å²) in [7, 11) is -10.1. The number of aliphatic hydroxyl groups excluding tert-OH is 1. The van der Waals surface area contributed by atoms with E-state index in [1.807, 2.05) is 0 Å². The number of fused-ring (bicyclic) bond motifs is 1. The zero-order chi connectivity index (χ0) is 49.8. The first-order valence-electron chi connectivity index (χ1n) is 21.4.